The first-order chi connectivity index (χ1) is 15.5. The van der Waals surface area contributed by atoms with Gasteiger partial charge in [0.05, 0.1) is 16.3 Å². The first-order valence-electron chi connectivity index (χ1n) is 9.71. The summed E-state index contributed by atoms with van der Waals surface area (Å²) in [5.41, 5.74) is 2.38. The molecule has 5 rings (SSSR count). The van der Waals surface area contributed by atoms with Gasteiger partial charge in [-0.1, -0.05) is 89.8 Å². The van der Waals surface area contributed by atoms with E-state index in [0.717, 1.165) is 21.0 Å². The lowest BCUT2D eigenvalue weighted by molar-refractivity contribution is -0.127. The normalized spacial score (nSPS) is 16.3. The molecule has 1 fully saturated rings. The van der Waals surface area contributed by atoms with E-state index in [0.29, 0.717) is 19.9 Å². The Bertz CT molecular complexity index is 1290. The molecule has 0 spiro atoms. The van der Waals surface area contributed by atoms with Crippen LogP contribution in [0.4, 0.5) is 11.4 Å². The van der Waals surface area contributed by atoms with E-state index in [1.165, 1.54) is 16.7 Å². The summed E-state index contributed by atoms with van der Waals surface area (Å²) in [6.07, 6.45) is 1.80. The van der Waals surface area contributed by atoms with Crippen LogP contribution in [-0.2, 0) is 9.59 Å². The van der Waals surface area contributed by atoms with Gasteiger partial charge in [-0.2, -0.15) is 0 Å². The number of nitrogens with zero attached hydrogens (tertiary/aromatic N) is 2. The lowest BCUT2D eigenvalue weighted by atomic mass is 10.2. The van der Waals surface area contributed by atoms with Gasteiger partial charge in [-0.05, 0) is 42.0 Å². The van der Waals surface area contributed by atoms with Crippen molar-refractivity contribution in [1.29, 1.82) is 0 Å². The van der Waals surface area contributed by atoms with Crippen molar-refractivity contribution in [3.63, 3.8) is 0 Å². The number of rotatable bonds is 3. The number of benzene rings is 3. The van der Waals surface area contributed by atoms with Crippen molar-refractivity contribution in [3.8, 4) is 0 Å². The van der Waals surface area contributed by atoms with Crippen molar-refractivity contribution >= 4 is 80.9 Å². The summed E-state index contributed by atoms with van der Waals surface area (Å²) < 4.78 is 0.372. The van der Waals surface area contributed by atoms with Crippen LogP contribution in [0.3, 0.4) is 0 Å². The van der Waals surface area contributed by atoms with Crippen molar-refractivity contribution in [2.75, 3.05) is 11.4 Å². The molecule has 0 radical (unpaired) electrons. The highest BCUT2D eigenvalue weighted by atomic mass is 35.5. The number of para-hydroxylation sites is 1. The van der Waals surface area contributed by atoms with E-state index in [1.807, 2.05) is 60.7 Å². The molecular formula is C24H15ClN2O2S3. The molecule has 0 bridgehead atoms. The second kappa shape index (κ2) is 8.75. The summed E-state index contributed by atoms with van der Waals surface area (Å²) in [5, 5.41) is 0.540. The van der Waals surface area contributed by atoms with Gasteiger partial charge >= 0.3 is 0 Å². The third-order valence-corrected chi connectivity index (χ3v) is 7.74. The van der Waals surface area contributed by atoms with Crippen molar-refractivity contribution in [1.82, 2.24) is 4.90 Å². The lowest BCUT2D eigenvalue weighted by Crippen LogP contribution is -2.41. The molecule has 2 aliphatic heterocycles. The van der Waals surface area contributed by atoms with Crippen LogP contribution in [-0.4, -0.2) is 27.6 Å². The molecule has 0 saturated carbocycles. The Balaban J connectivity index is 1.46. The number of thiocarbonyl (C=S) groups is 1. The highest BCUT2D eigenvalue weighted by molar-refractivity contribution is 8.26. The zero-order chi connectivity index (χ0) is 22.2. The molecule has 158 valence electrons. The Labute approximate surface area is 204 Å². The molecule has 2 heterocycles. The van der Waals surface area contributed by atoms with Crippen LogP contribution >= 0.6 is 47.3 Å². The van der Waals surface area contributed by atoms with Crippen LogP contribution in [0.5, 0.6) is 0 Å². The smallest absolute Gasteiger partial charge is 0.266 e. The van der Waals surface area contributed by atoms with Crippen LogP contribution in [0.15, 0.2) is 87.5 Å². The number of amides is 2. The first kappa shape index (κ1) is 21.3. The zero-order valence-electron chi connectivity index (χ0n) is 16.5. The topological polar surface area (TPSA) is 40.6 Å². The highest BCUT2D eigenvalue weighted by Crippen LogP contribution is 2.49. The van der Waals surface area contributed by atoms with E-state index < -0.39 is 0 Å². The van der Waals surface area contributed by atoms with Gasteiger partial charge in [-0.15, -0.1) is 0 Å². The number of thioether (sulfide) groups is 1. The molecular weight excluding hydrogens is 480 g/mol. The van der Waals surface area contributed by atoms with E-state index in [1.54, 1.807) is 34.9 Å². The van der Waals surface area contributed by atoms with Gasteiger partial charge in [0, 0.05) is 14.8 Å². The Morgan fingerprint density at radius 1 is 0.938 bits per heavy atom. The Hall–Kier alpha value is -2.58. The number of hydrogen-bond donors (Lipinski definition) is 0. The average molecular weight is 495 g/mol. The highest BCUT2D eigenvalue weighted by Gasteiger charge is 2.36. The molecule has 0 atom stereocenters. The molecule has 3 aromatic carbocycles. The molecule has 0 unspecified atom stereocenters. The Morgan fingerprint density at radius 2 is 1.66 bits per heavy atom. The number of carbonyl (C=O) groups is 2. The molecule has 4 nitrogen and oxygen atoms in total. The van der Waals surface area contributed by atoms with Crippen LogP contribution in [0, 0.1) is 0 Å². The van der Waals surface area contributed by atoms with Crippen molar-refractivity contribution in [2.45, 2.75) is 9.79 Å². The molecule has 0 N–H and O–H groups in total. The Kier molecular flexibility index (Phi) is 5.82. The second-order valence-electron chi connectivity index (χ2n) is 7.09. The molecule has 3 aromatic rings. The number of carbonyl (C=O) groups excluding carboxylic acids is 2. The maximum Gasteiger partial charge on any atom is 0.266 e. The lowest BCUT2D eigenvalue weighted by Gasteiger charge is -2.32. The summed E-state index contributed by atoms with van der Waals surface area (Å²) in [5.74, 6) is -0.512. The fourth-order valence-corrected chi connectivity index (χ4v) is 6.00. The van der Waals surface area contributed by atoms with Crippen LogP contribution in [0.2, 0.25) is 5.02 Å². The van der Waals surface area contributed by atoms with E-state index in [-0.39, 0.29) is 18.4 Å². The molecule has 1 saturated heterocycles. The van der Waals surface area contributed by atoms with Crippen molar-refractivity contribution < 1.29 is 9.59 Å². The molecule has 32 heavy (non-hydrogen) atoms. The molecule has 2 amide bonds. The predicted molar refractivity (Wildman–Crippen MR) is 135 cm³/mol. The van der Waals surface area contributed by atoms with Gasteiger partial charge in [-0.25, -0.2) is 0 Å². The summed E-state index contributed by atoms with van der Waals surface area (Å²) in [7, 11) is 0. The van der Waals surface area contributed by atoms with Gasteiger partial charge in [0.2, 0.25) is 0 Å². The second-order valence-corrected chi connectivity index (χ2v) is 10.3. The van der Waals surface area contributed by atoms with Crippen LogP contribution in [0.1, 0.15) is 5.56 Å². The minimum atomic E-state index is -0.261. The van der Waals surface area contributed by atoms with E-state index >= 15 is 0 Å². The molecule has 0 aliphatic carbocycles. The summed E-state index contributed by atoms with van der Waals surface area (Å²) in [6, 6.07) is 22.7. The zero-order valence-corrected chi connectivity index (χ0v) is 19.7. The molecule has 8 heteroatoms. The minimum Gasteiger partial charge on any atom is -0.283 e. The van der Waals surface area contributed by atoms with Crippen LogP contribution < -0.4 is 4.90 Å². The van der Waals surface area contributed by atoms with Gasteiger partial charge in [-0.3, -0.25) is 19.4 Å². The summed E-state index contributed by atoms with van der Waals surface area (Å²) in [4.78, 5) is 32.0. The fraction of sp³-hybridized carbons (Fsp3) is 0.0417. The number of anilines is 2. The van der Waals surface area contributed by atoms with Crippen LogP contribution in [0.25, 0.3) is 6.08 Å². The maximum atomic E-state index is 13.5. The first-order valence-corrected chi connectivity index (χ1v) is 12.1. The SMILES string of the molecule is O=C1C(=Cc2ccccc2)SC(=S)N1CC(=O)N1c2ccccc2Sc2ccc(Cl)cc21. The fourth-order valence-electron chi connectivity index (χ4n) is 3.54. The van der Waals surface area contributed by atoms with Gasteiger partial charge in [0.1, 0.15) is 10.9 Å². The minimum absolute atomic E-state index is 0.151. The predicted octanol–water partition coefficient (Wildman–Crippen LogP) is 6.37. The summed E-state index contributed by atoms with van der Waals surface area (Å²) in [6.45, 7) is -0.151. The largest absolute Gasteiger partial charge is 0.283 e. The van der Waals surface area contributed by atoms with E-state index in [9.17, 15) is 9.59 Å². The van der Waals surface area contributed by atoms with Gasteiger partial charge in [0.15, 0.2) is 0 Å². The Morgan fingerprint density at radius 3 is 2.47 bits per heavy atom. The van der Waals surface area contributed by atoms with Crippen molar-refractivity contribution in [2.24, 2.45) is 0 Å². The van der Waals surface area contributed by atoms with Crippen molar-refractivity contribution in [3.05, 3.63) is 88.3 Å². The quantitative estimate of drug-likeness (QED) is 0.312. The number of hydrogen-bond acceptors (Lipinski definition) is 5. The number of fused-ring (bicyclic) bond motifs is 2. The third kappa shape index (κ3) is 3.97. The van der Waals surface area contributed by atoms with Gasteiger partial charge < -0.3 is 0 Å². The van der Waals surface area contributed by atoms with Gasteiger partial charge in [0.25, 0.3) is 11.8 Å². The summed E-state index contributed by atoms with van der Waals surface area (Å²) >= 11 is 14.5. The van der Waals surface area contributed by atoms with E-state index in [4.69, 9.17) is 23.8 Å². The monoisotopic (exact) mass is 494 g/mol. The average Bonchev–Trinajstić information content (AvgIpc) is 3.05. The van der Waals surface area contributed by atoms with E-state index in [2.05, 4.69) is 0 Å². The number of halogens is 1. The molecule has 0 aromatic heterocycles. The maximum absolute atomic E-state index is 13.5. The standard InChI is InChI=1S/C24H15ClN2O2S3/c25-16-10-11-20-18(13-16)27(17-8-4-5-9-19(17)31-20)22(28)14-26-23(29)21(32-24(26)30)12-15-6-2-1-3-7-15/h1-13H,14H2. The molecule has 2 aliphatic rings. The third-order valence-electron chi connectivity index (χ3n) is 5.00.